The number of hydrogen-bond donors (Lipinski definition) is 2. The number of aromatic nitrogens is 1. The number of likely N-dealkylation sites (tertiary alicyclic amines) is 1. The van der Waals surface area contributed by atoms with Gasteiger partial charge in [0, 0.05) is 36.3 Å². The zero-order valence-electron chi connectivity index (χ0n) is 14.6. The first-order valence-electron chi connectivity index (χ1n) is 8.68. The molecule has 2 heterocycles. The fourth-order valence-electron chi connectivity index (χ4n) is 3.54. The Bertz CT molecular complexity index is 680. The van der Waals surface area contributed by atoms with Crippen LogP contribution in [0.1, 0.15) is 64.7 Å². The Balaban J connectivity index is 1.64. The molecule has 0 atom stereocenters. The summed E-state index contributed by atoms with van der Waals surface area (Å²) in [6.07, 6.45) is 3.57. The van der Waals surface area contributed by atoms with Crippen LogP contribution in [0.5, 0.6) is 0 Å². The smallest absolute Gasteiger partial charge is 0.270 e. The highest BCUT2D eigenvalue weighted by Crippen LogP contribution is 2.25. The summed E-state index contributed by atoms with van der Waals surface area (Å²) in [6.45, 7) is 6.29. The van der Waals surface area contributed by atoms with Gasteiger partial charge < -0.3 is 15.2 Å². The Morgan fingerprint density at radius 3 is 2.21 bits per heavy atom. The molecule has 1 saturated heterocycles. The number of nitrogens with one attached hydrogen (secondary N) is 2. The first-order chi connectivity index (χ1) is 11.4. The molecule has 1 aromatic rings. The van der Waals surface area contributed by atoms with E-state index >= 15 is 0 Å². The van der Waals surface area contributed by atoms with E-state index in [1.54, 1.807) is 4.90 Å². The number of hydrogen-bond acceptors (Lipinski definition) is 3. The van der Waals surface area contributed by atoms with Crippen LogP contribution in [0.4, 0.5) is 0 Å². The maximum absolute atomic E-state index is 12.8. The summed E-state index contributed by atoms with van der Waals surface area (Å²) < 4.78 is 0. The molecule has 6 heteroatoms. The van der Waals surface area contributed by atoms with Crippen LogP contribution in [0.3, 0.4) is 0 Å². The van der Waals surface area contributed by atoms with Crippen LogP contribution in [0.15, 0.2) is 0 Å². The van der Waals surface area contributed by atoms with Gasteiger partial charge in [0.25, 0.3) is 5.91 Å². The molecule has 2 amide bonds. The van der Waals surface area contributed by atoms with Crippen molar-refractivity contribution in [1.29, 1.82) is 0 Å². The normalized spacial score (nSPS) is 18.5. The molecule has 0 spiro atoms. The lowest BCUT2D eigenvalue weighted by Gasteiger charge is -2.31. The number of carbonyl (C=O) groups is 3. The Kier molecular flexibility index (Phi) is 4.47. The van der Waals surface area contributed by atoms with Gasteiger partial charge in [-0.3, -0.25) is 14.4 Å². The minimum absolute atomic E-state index is 0.00825. The first kappa shape index (κ1) is 16.7. The van der Waals surface area contributed by atoms with E-state index in [2.05, 4.69) is 10.3 Å². The molecule has 2 fully saturated rings. The van der Waals surface area contributed by atoms with E-state index in [0.29, 0.717) is 43.2 Å². The molecule has 0 unspecified atom stereocenters. The average molecular weight is 331 g/mol. The number of Topliss-reactive ketones (excluding diaryl/α,β-unsaturated/α-hetero) is 1. The molecule has 2 aliphatic rings. The molecule has 2 N–H and O–H groups in total. The highest BCUT2D eigenvalue weighted by molar-refractivity contribution is 6.02. The molecule has 24 heavy (non-hydrogen) atoms. The van der Waals surface area contributed by atoms with Crippen molar-refractivity contribution in [1.82, 2.24) is 15.2 Å². The minimum Gasteiger partial charge on any atom is -0.354 e. The van der Waals surface area contributed by atoms with Crippen LogP contribution in [-0.4, -0.2) is 46.6 Å². The number of H-pyrrole nitrogens is 1. The lowest BCUT2D eigenvalue weighted by molar-refractivity contribution is -0.126. The maximum atomic E-state index is 12.8. The molecule has 1 aliphatic carbocycles. The highest BCUT2D eigenvalue weighted by atomic mass is 16.2. The number of aryl methyl sites for hydroxylation is 1. The van der Waals surface area contributed by atoms with Gasteiger partial charge >= 0.3 is 0 Å². The van der Waals surface area contributed by atoms with E-state index in [9.17, 15) is 14.4 Å². The van der Waals surface area contributed by atoms with Crippen LogP contribution in [-0.2, 0) is 4.79 Å². The van der Waals surface area contributed by atoms with Crippen LogP contribution in [0.2, 0.25) is 0 Å². The summed E-state index contributed by atoms with van der Waals surface area (Å²) in [5.74, 6) is 0.0316. The largest absolute Gasteiger partial charge is 0.354 e. The molecule has 3 rings (SSSR count). The molecule has 0 bridgehead atoms. The van der Waals surface area contributed by atoms with Gasteiger partial charge in [-0.05, 0) is 52.0 Å². The van der Waals surface area contributed by atoms with Crippen molar-refractivity contribution in [2.24, 2.45) is 5.92 Å². The number of rotatable bonds is 4. The zero-order valence-corrected chi connectivity index (χ0v) is 14.6. The quantitative estimate of drug-likeness (QED) is 0.828. The Morgan fingerprint density at radius 2 is 1.71 bits per heavy atom. The van der Waals surface area contributed by atoms with Crippen molar-refractivity contribution in [3.05, 3.63) is 22.5 Å². The topological polar surface area (TPSA) is 82.3 Å². The van der Waals surface area contributed by atoms with Crippen molar-refractivity contribution in [2.75, 3.05) is 13.1 Å². The molecule has 1 saturated carbocycles. The molecule has 1 aromatic heterocycles. The third-order valence-corrected chi connectivity index (χ3v) is 5.08. The monoisotopic (exact) mass is 331 g/mol. The fraction of sp³-hybridized carbons (Fsp3) is 0.611. The van der Waals surface area contributed by atoms with Gasteiger partial charge in [-0.25, -0.2) is 0 Å². The Labute approximate surface area is 142 Å². The summed E-state index contributed by atoms with van der Waals surface area (Å²) in [7, 11) is 0. The number of aromatic amines is 1. The summed E-state index contributed by atoms with van der Waals surface area (Å²) in [5, 5.41) is 3.05. The van der Waals surface area contributed by atoms with Crippen LogP contribution in [0.25, 0.3) is 0 Å². The van der Waals surface area contributed by atoms with E-state index < -0.39 is 0 Å². The number of piperidine rings is 1. The highest BCUT2D eigenvalue weighted by Gasteiger charge is 2.32. The Morgan fingerprint density at radius 1 is 1.08 bits per heavy atom. The minimum atomic E-state index is -0.0795. The van der Waals surface area contributed by atoms with Crippen LogP contribution < -0.4 is 5.32 Å². The lowest BCUT2D eigenvalue weighted by Crippen LogP contribution is -2.43. The molecule has 6 nitrogen and oxygen atoms in total. The van der Waals surface area contributed by atoms with E-state index in [0.717, 1.165) is 24.1 Å². The Hall–Kier alpha value is -2.11. The second-order valence-corrected chi connectivity index (χ2v) is 7.03. The van der Waals surface area contributed by atoms with Gasteiger partial charge in [0.2, 0.25) is 5.91 Å². The van der Waals surface area contributed by atoms with Gasteiger partial charge in [0.05, 0.1) is 0 Å². The van der Waals surface area contributed by atoms with E-state index in [1.165, 1.54) is 6.92 Å². The summed E-state index contributed by atoms with van der Waals surface area (Å²) >= 11 is 0. The molecule has 130 valence electrons. The van der Waals surface area contributed by atoms with Gasteiger partial charge in [-0.15, -0.1) is 0 Å². The van der Waals surface area contributed by atoms with Gasteiger partial charge in [-0.1, -0.05) is 0 Å². The number of carbonyl (C=O) groups excluding carboxylic acids is 3. The third-order valence-electron chi connectivity index (χ3n) is 5.08. The van der Waals surface area contributed by atoms with E-state index in [-0.39, 0.29) is 23.5 Å². The van der Waals surface area contributed by atoms with Crippen molar-refractivity contribution in [2.45, 2.75) is 52.5 Å². The molecule has 0 aromatic carbocycles. The van der Waals surface area contributed by atoms with Gasteiger partial charge in [0.15, 0.2) is 5.78 Å². The van der Waals surface area contributed by atoms with Crippen molar-refractivity contribution < 1.29 is 14.4 Å². The van der Waals surface area contributed by atoms with Crippen molar-refractivity contribution in [3.8, 4) is 0 Å². The first-order valence-corrected chi connectivity index (χ1v) is 8.68. The standard InChI is InChI=1S/C18H25N3O3/c1-10-15(12(3)22)11(2)19-16(10)18(24)21-8-6-13(7-9-21)17(23)20-14-4-5-14/h13-14,19H,4-9H2,1-3H3,(H,20,23). The van der Waals surface area contributed by atoms with E-state index in [1.807, 2.05) is 13.8 Å². The number of ketones is 1. The second kappa shape index (κ2) is 6.42. The van der Waals surface area contributed by atoms with Crippen LogP contribution >= 0.6 is 0 Å². The maximum Gasteiger partial charge on any atom is 0.270 e. The van der Waals surface area contributed by atoms with E-state index in [4.69, 9.17) is 0 Å². The zero-order chi connectivity index (χ0) is 17.4. The summed E-state index contributed by atoms with van der Waals surface area (Å²) in [6, 6.07) is 0.381. The van der Waals surface area contributed by atoms with Crippen LogP contribution in [0, 0.1) is 19.8 Å². The third kappa shape index (κ3) is 3.23. The lowest BCUT2D eigenvalue weighted by atomic mass is 9.95. The van der Waals surface area contributed by atoms with Gasteiger partial charge in [0.1, 0.15) is 5.69 Å². The van der Waals surface area contributed by atoms with Crippen molar-refractivity contribution >= 4 is 17.6 Å². The van der Waals surface area contributed by atoms with Gasteiger partial charge in [-0.2, -0.15) is 0 Å². The molecule has 0 radical (unpaired) electrons. The van der Waals surface area contributed by atoms with Crippen molar-refractivity contribution in [3.63, 3.8) is 0 Å². The summed E-state index contributed by atoms with van der Waals surface area (Å²) in [4.78, 5) is 41.4. The number of nitrogens with zero attached hydrogens (tertiary/aromatic N) is 1. The molecule has 1 aliphatic heterocycles. The fourth-order valence-corrected chi connectivity index (χ4v) is 3.54. The number of amides is 2. The predicted molar refractivity (Wildman–Crippen MR) is 90.1 cm³/mol. The average Bonchev–Trinajstić information content (AvgIpc) is 3.30. The molecular weight excluding hydrogens is 306 g/mol. The SMILES string of the molecule is CC(=O)c1c(C)[nH]c(C(=O)N2CCC(C(=O)NC3CC3)CC2)c1C. The predicted octanol–water partition coefficient (Wildman–Crippen LogP) is 1.96. The summed E-state index contributed by atoms with van der Waals surface area (Å²) in [5.41, 5.74) is 2.57. The molecular formula is C18H25N3O3. The second-order valence-electron chi connectivity index (χ2n) is 7.03.